The van der Waals surface area contributed by atoms with Crippen LogP contribution in [0.5, 0.6) is 0 Å². The molecule has 0 bridgehead atoms. The predicted octanol–water partition coefficient (Wildman–Crippen LogP) is 2.63. The van der Waals surface area contributed by atoms with Gasteiger partial charge >= 0.3 is 0 Å². The van der Waals surface area contributed by atoms with Crippen molar-refractivity contribution >= 4 is 28.8 Å². The van der Waals surface area contributed by atoms with Crippen LogP contribution in [0, 0.1) is 0 Å². The highest BCUT2D eigenvalue weighted by Crippen LogP contribution is 2.19. The normalized spacial score (nSPS) is 10.4. The first-order valence-corrected chi connectivity index (χ1v) is 3.91. The van der Waals surface area contributed by atoms with Gasteiger partial charge in [-0.05, 0) is 24.3 Å². The minimum Gasteiger partial charge on any atom is -0.346 e. The number of carbonyl (C=O) groups excluding carboxylic acids is 1. The quantitative estimate of drug-likeness (QED) is 0.671. The fraction of sp³-hybridized carbons (Fsp3) is 0. The fourth-order valence-electron chi connectivity index (χ4n) is 1.19. The molecule has 0 aliphatic heterocycles. The summed E-state index contributed by atoms with van der Waals surface area (Å²) < 4.78 is 0. The van der Waals surface area contributed by atoms with Crippen LogP contribution in [0.1, 0.15) is 10.4 Å². The first-order valence-electron chi connectivity index (χ1n) is 3.53. The molecule has 1 aromatic carbocycles. The molecule has 0 fully saturated rings. The van der Waals surface area contributed by atoms with Crippen LogP contribution in [0.2, 0.25) is 5.15 Å². The lowest BCUT2D eigenvalue weighted by Crippen LogP contribution is -1.76. The maximum atomic E-state index is 10.4. The highest BCUT2D eigenvalue weighted by Gasteiger charge is 1.98. The van der Waals surface area contributed by atoms with Crippen LogP contribution in [-0.2, 0) is 0 Å². The second-order valence-corrected chi connectivity index (χ2v) is 2.99. The molecule has 0 spiro atoms. The highest BCUT2D eigenvalue weighted by molar-refractivity contribution is 6.30. The molecule has 0 aliphatic rings. The maximum absolute atomic E-state index is 10.4. The highest BCUT2D eigenvalue weighted by atomic mass is 35.5. The Bertz CT molecular complexity index is 433. The molecule has 2 rings (SSSR count). The Morgan fingerprint density at radius 3 is 2.92 bits per heavy atom. The van der Waals surface area contributed by atoms with E-state index in [9.17, 15) is 4.79 Å². The van der Waals surface area contributed by atoms with Gasteiger partial charge in [0.25, 0.3) is 0 Å². The number of halogens is 1. The number of aromatic amines is 1. The predicted molar refractivity (Wildman–Crippen MR) is 48.7 cm³/mol. The molecule has 0 saturated carbocycles. The zero-order valence-corrected chi connectivity index (χ0v) is 6.93. The molecule has 0 saturated heterocycles. The molecule has 1 aromatic heterocycles. The molecule has 3 heteroatoms. The minimum atomic E-state index is 0.591. The van der Waals surface area contributed by atoms with Crippen molar-refractivity contribution in [2.45, 2.75) is 0 Å². The first kappa shape index (κ1) is 7.37. The Kier molecular flexibility index (Phi) is 1.62. The summed E-state index contributed by atoms with van der Waals surface area (Å²) in [6.45, 7) is 0. The van der Waals surface area contributed by atoms with Crippen LogP contribution in [0.3, 0.4) is 0 Å². The van der Waals surface area contributed by atoms with Gasteiger partial charge in [0.15, 0.2) is 0 Å². The number of carbonyl (C=O) groups is 1. The van der Waals surface area contributed by atoms with E-state index >= 15 is 0 Å². The van der Waals surface area contributed by atoms with Gasteiger partial charge in [-0.2, -0.15) is 0 Å². The second kappa shape index (κ2) is 2.64. The molecule has 0 atom stereocenters. The Morgan fingerprint density at radius 1 is 1.33 bits per heavy atom. The fourth-order valence-corrected chi connectivity index (χ4v) is 1.41. The Balaban J connectivity index is 2.74. The summed E-state index contributed by atoms with van der Waals surface area (Å²) in [5.74, 6) is 0. The first-order chi connectivity index (χ1) is 5.79. The molecule has 12 heavy (non-hydrogen) atoms. The summed E-state index contributed by atoms with van der Waals surface area (Å²) >= 11 is 5.73. The molecule has 0 amide bonds. The van der Waals surface area contributed by atoms with E-state index in [1.54, 1.807) is 18.2 Å². The molecule has 1 N–H and O–H groups in total. The van der Waals surface area contributed by atoms with E-state index in [0.717, 1.165) is 17.2 Å². The van der Waals surface area contributed by atoms with E-state index < -0.39 is 0 Å². The van der Waals surface area contributed by atoms with Crippen molar-refractivity contribution in [3.05, 3.63) is 35.0 Å². The van der Waals surface area contributed by atoms with Gasteiger partial charge in [-0.15, -0.1) is 0 Å². The van der Waals surface area contributed by atoms with Crippen LogP contribution in [0.15, 0.2) is 24.3 Å². The molecule has 2 aromatic rings. The lowest BCUT2D eigenvalue weighted by molar-refractivity contribution is 0.112. The molecule has 0 aliphatic carbocycles. The summed E-state index contributed by atoms with van der Waals surface area (Å²) in [5, 5.41) is 1.55. The SMILES string of the molecule is O=Cc1ccc2[nH]c(Cl)cc2c1. The van der Waals surface area contributed by atoms with Crippen molar-refractivity contribution in [2.75, 3.05) is 0 Å². The van der Waals surface area contributed by atoms with Crippen molar-refractivity contribution in [1.82, 2.24) is 4.98 Å². The van der Waals surface area contributed by atoms with Crippen LogP contribution >= 0.6 is 11.6 Å². The standard InChI is InChI=1S/C9H6ClNO/c10-9-4-7-3-6(5-12)1-2-8(7)11-9/h1-5,11H. The van der Waals surface area contributed by atoms with Gasteiger partial charge in [0.2, 0.25) is 0 Å². The zero-order chi connectivity index (χ0) is 8.55. The number of hydrogen-bond acceptors (Lipinski definition) is 1. The van der Waals surface area contributed by atoms with Gasteiger partial charge in [-0.25, -0.2) is 0 Å². The van der Waals surface area contributed by atoms with Gasteiger partial charge in [-0.1, -0.05) is 11.6 Å². The third-order valence-electron chi connectivity index (χ3n) is 1.75. The third-order valence-corrected chi connectivity index (χ3v) is 1.95. The molecule has 60 valence electrons. The number of aromatic nitrogens is 1. The number of rotatable bonds is 1. The lowest BCUT2D eigenvalue weighted by Gasteiger charge is -1.89. The van der Waals surface area contributed by atoms with E-state index in [1.165, 1.54) is 0 Å². The third kappa shape index (κ3) is 1.10. The molecular weight excluding hydrogens is 174 g/mol. The number of aldehydes is 1. The van der Waals surface area contributed by atoms with Crippen LogP contribution in [-0.4, -0.2) is 11.3 Å². The monoisotopic (exact) mass is 179 g/mol. The van der Waals surface area contributed by atoms with Crippen LogP contribution in [0.25, 0.3) is 10.9 Å². The van der Waals surface area contributed by atoms with Crippen molar-refractivity contribution in [3.63, 3.8) is 0 Å². The van der Waals surface area contributed by atoms with Gasteiger partial charge < -0.3 is 4.98 Å². The van der Waals surface area contributed by atoms with E-state index in [4.69, 9.17) is 11.6 Å². The summed E-state index contributed by atoms with van der Waals surface area (Å²) in [5.41, 5.74) is 1.61. The van der Waals surface area contributed by atoms with Gasteiger partial charge in [0.1, 0.15) is 11.4 Å². The second-order valence-electron chi connectivity index (χ2n) is 2.58. The summed E-state index contributed by atoms with van der Waals surface area (Å²) in [4.78, 5) is 13.4. The number of fused-ring (bicyclic) bond motifs is 1. The van der Waals surface area contributed by atoms with Crippen molar-refractivity contribution in [2.24, 2.45) is 0 Å². The zero-order valence-electron chi connectivity index (χ0n) is 6.17. The molecule has 0 unspecified atom stereocenters. The van der Waals surface area contributed by atoms with E-state index in [2.05, 4.69) is 4.98 Å². The van der Waals surface area contributed by atoms with Crippen molar-refractivity contribution < 1.29 is 4.79 Å². The van der Waals surface area contributed by atoms with Crippen molar-refractivity contribution in [1.29, 1.82) is 0 Å². The Labute approximate surface area is 74.2 Å². The molecule has 2 nitrogen and oxygen atoms in total. The van der Waals surface area contributed by atoms with Gasteiger partial charge in [0.05, 0.1) is 0 Å². The topological polar surface area (TPSA) is 32.9 Å². The van der Waals surface area contributed by atoms with E-state index in [0.29, 0.717) is 10.7 Å². The average molecular weight is 180 g/mol. The molecule has 1 heterocycles. The largest absolute Gasteiger partial charge is 0.346 e. The van der Waals surface area contributed by atoms with E-state index in [-0.39, 0.29) is 0 Å². The number of benzene rings is 1. The maximum Gasteiger partial charge on any atom is 0.150 e. The summed E-state index contributed by atoms with van der Waals surface area (Å²) in [7, 11) is 0. The van der Waals surface area contributed by atoms with Gasteiger partial charge in [0, 0.05) is 16.5 Å². The van der Waals surface area contributed by atoms with Gasteiger partial charge in [-0.3, -0.25) is 4.79 Å². The lowest BCUT2D eigenvalue weighted by atomic mass is 10.2. The number of hydrogen-bond donors (Lipinski definition) is 1. The van der Waals surface area contributed by atoms with Crippen molar-refractivity contribution in [3.8, 4) is 0 Å². The average Bonchev–Trinajstić information content (AvgIpc) is 2.43. The number of nitrogens with one attached hydrogen (secondary N) is 1. The summed E-state index contributed by atoms with van der Waals surface area (Å²) in [6, 6.07) is 7.18. The van der Waals surface area contributed by atoms with Crippen LogP contribution < -0.4 is 0 Å². The Hall–Kier alpha value is -1.28. The minimum absolute atomic E-state index is 0.591. The Morgan fingerprint density at radius 2 is 2.17 bits per heavy atom. The molecular formula is C9H6ClNO. The van der Waals surface area contributed by atoms with E-state index in [1.807, 2.05) is 6.07 Å². The molecule has 0 radical (unpaired) electrons. The van der Waals surface area contributed by atoms with Crippen LogP contribution in [0.4, 0.5) is 0 Å². The number of H-pyrrole nitrogens is 1. The summed E-state index contributed by atoms with van der Waals surface area (Å²) in [6.07, 6.45) is 0.820. The smallest absolute Gasteiger partial charge is 0.150 e.